The van der Waals surface area contributed by atoms with Gasteiger partial charge in [-0.15, -0.1) is 0 Å². The van der Waals surface area contributed by atoms with Crippen LogP contribution in [0, 0.1) is 0 Å². The van der Waals surface area contributed by atoms with Gasteiger partial charge in [0.1, 0.15) is 6.10 Å². The second kappa shape index (κ2) is 7.97. The molecule has 0 spiro atoms. The van der Waals surface area contributed by atoms with Gasteiger partial charge in [-0.25, -0.2) is 4.98 Å². The highest BCUT2D eigenvalue weighted by atomic mass is 16.5. The Morgan fingerprint density at radius 3 is 2.81 bits per heavy atom. The number of hydrogen-bond donors (Lipinski definition) is 1. The van der Waals surface area contributed by atoms with E-state index in [0.717, 1.165) is 12.8 Å². The maximum Gasteiger partial charge on any atom is 0.258 e. The van der Waals surface area contributed by atoms with Gasteiger partial charge in [-0.05, 0) is 37.1 Å². The molecule has 1 aromatic heterocycles. The fourth-order valence-corrected chi connectivity index (χ4v) is 2.74. The van der Waals surface area contributed by atoms with Gasteiger partial charge in [0.15, 0.2) is 0 Å². The number of carbonyl (C=O) groups excluding carboxylic acids is 2. The van der Waals surface area contributed by atoms with E-state index >= 15 is 0 Å². The Morgan fingerprint density at radius 2 is 2.15 bits per heavy atom. The Morgan fingerprint density at radius 1 is 1.31 bits per heavy atom. The van der Waals surface area contributed by atoms with Gasteiger partial charge >= 0.3 is 0 Å². The first kappa shape index (κ1) is 17.9. The summed E-state index contributed by atoms with van der Waals surface area (Å²) in [4.78, 5) is 30.5. The third-order valence-corrected chi connectivity index (χ3v) is 4.22. The standard InChI is InChI=1S/C19H21N3O4/c1-22(15-8-9-17(25-2)20-12-15)19(24)13-5-3-6-14(11-13)21-18(23)16-7-4-10-26-16/h3,5-6,8-9,11-12,16H,4,7,10H2,1-2H3,(H,21,23). The molecule has 1 saturated heterocycles. The van der Waals surface area contributed by atoms with Crippen LogP contribution in [-0.2, 0) is 9.53 Å². The molecule has 0 saturated carbocycles. The Hall–Kier alpha value is -2.93. The minimum absolute atomic E-state index is 0.181. The maximum atomic E-state index is 12.7. The summed E-state index contributed by atoms with van der Waals surface area (Å²) in [6.07, 6.45) is 2.76. The molecule has 1 fully saturated rings. The van der Waals surface area contributed by atoms with Gasteiger partial charge in [0.05, 0.1) is 19.0 Å². The second-order valence-corrected chi connectivity index (χ2v) is 5.99. The van der Waals surface area contributed by atoms with E-state index in [1.807, 2.05) is 0 Å². The second-order valence-electron chi connectivity index (χ2n) is 5.99. The Balaban J connectivity index is 1.71. The number of benzene rings is 1. The lowest BCUT2D eigenvalue weighted by Gasteiger charge is -2.18. The third-order valence-electron chi connectivity index (χ3n) is 4.22. The van der Waals surface area contributed by atoms with Gasteiger partial charge in [0.25, 0.3) is 11.8 Å². The van der Waals surface area contributed by atoms with E-state index in [9.17, 15) is 9.59 Å². The molecule has 26 heavy (non-hydrogen) atoms. The molecule has 7 nitrogen and oxygen atoms in total. The molecule has 2 amide bonds. The Kier molecular flexibility index (Phi) is 5.48. The zero-order valence-electron chi connectivity index (χ0n) is 14.8. The monoisotopic (exact) mass is 355 g/mol. The molecule has 3 rings (SSSR count). The minimum atomic E-state index is -0.414. The Labute approximate surface area is 151 Å². The zero-order valence-corrected chi connectivity index (χ0v) is 14.8. The van der Waals surface area contributed by atoms with Crippen molar-refractivity contribution in [3.05, 3.63) is 48.2 Å². The number of aromatic nitrogens is 1. The summed E-state index contributed by atoms with van der Waals surface area (Å²) in [6.45, 7) is 0.608. The average molecular weight is 355 g/mol. The van der Waals surface area contributed by atoms with Crippen molar-refractivity contribution in [3.63, 3.8) is 0 Å². The van der Waals surface area contributed by atoms with Crippen LogP contribution in [-0.4, -0.2) is 43.7 Å². The van der Waals surface area contributed by atoms with Crippen molar-refractivity contribution in [2.75, 3.05) is 31.0 Å². The molecule has 0 bridgehead atoms. The van der Waals surface area contributed by atoms with E-state index in [2.05, 4.69) is 10.3 Å². The molecule has 136 valence electrons. The van der Waals surface area contributed by atoms with Crippen LogP contribution in [0.4, 0.5) is 11.4 Å². The summed E-state index contributed by atoms with van der Waals surface area (Å²) in [5.74, 6) is 0.0958. The fourth-order valence-electron chi connectivity index (χ4n) is 2.74. The molecule has 1 aliphatic rings. The van der Waals surface area contributed by atoms with Crippen molar-refractivity contribution in [2.45, 2.75) is 18.9 Å². The first-order chi connectivity index (χ1) is 12.6. The molecule has 1 aliphatic heterocycles. The molecular formula is C19H21N3O4. The van der Waals surface area contributed by atoms with Crippen LogP contribution in [0.15, 0.2) is 42.6 Å². The van der Waals surface area contributed by atoms with Crippen molar-refractivity contribution in [2.24, 2.45) is 0 Å². The lowest BCUT2D eigenvalue weighted by molar-refractivity contribution is -0.124. The lowest BCUT2D eigenvalue weighted by atomic mass is 10.1. The molecule has 1 N–H and O–H groups in total. The molecule has 7 heteroatoms. The van der Waals surface area contributed by atoms with E-state index in [4.69, 9.17) is 9.47 Å². The van der Waals surface area contributed by atoms with Crippen LogP contribution in [0.3, 0.4) is 0 Å². The number of rotatable bonds is 5. The molecule has 1 atom stereocenters. The van der Waals surface area contributed by atoms with Crippen LogP contribution in [0.25, 0.3) is 0 Å². The molecular weight excluding hydrogens is 334 g/mol. The number of carbonyl (C=O) groups is 2. The summed E-state index contributed by atoms with van der Waals surface area (Å²) >= 11 is 0. The number of nitrogens with one attached hydrogen (secondary N) is 1. The highest BCUT2D eigenvalue weighted by Crippen LogP contribution is 2.20. The largest absolute Gasteiger partial charge is 0.481 e. The number of amides is 2. The predicted octanol–water partition coefficient (Wildman–Crippen LogP) is 2.48. The average Bonchev–Trinajstić information content (AvgIpc) is 3.22. The van der Waals surface area contributed by atoms with Crippen molar-refractivity contribution in [1.82, 2.24) is 4.98 Å². The number of pyridine rings is 1. The number of ether oxygens (including phenoxy) is 2. The SMILES string of the molecule is COc1ccc(N(C)C(=O)c2cccc(NC(=O)C3CCCO3)c2)cn1. The van der Waals surface area contributed by atoms with Crippen molar-refractivity contribution >= 4 is 23.2 Å². The Bertz CT molecular complexity index is 786. The first-order valence-corrected chi connectivity index (χ1v) is 8.39. The van der Waals surface area contributed by atoms with E-state index in [1.165, 1.54) is 12.0 Å². The highest BCUT2D eigenvalue weighted by Gasteiger charge is 2.23. The van der Waals surface area contributed by atoms with E-state index in [1.54, 1.807) is 49.6 Å². The smallest absolute Gasteiger partial charge is 0.258 e. The maximum absolute atomic E-state index is 12.7. The van der Waals surface area contributed by atoms with E-state index in [0.29, 0.717) is 29.4 Å². The molecule has 2 heterocycles. The van der Waals surface area contributed by atoms with Crippen LogP contribution in [0.1, 0.15) is 23.2 Å². The van der Waals surface area contributed by atoms with Gasteiger partial charge in [0.2, 0.25) is 5.88 Å². The summed E-state index contributed by atoms with van der Waals surface area (Å²) in [7, 11) is 3.21. The van der Waals surface area contributed by atoms with E-state index in [-0.39, 0.29) is 11.8 Å². The topological polar surface area (TPSA) is 80.8 Å². The fraction of sp³-hybridized carbons (Fsp3) is 0.316. The number of anilines is 2. The quantitative estimate of drug-likeness (QED) is 0.891. The summed E-state index contributed by atoms with van der Waals surface area (Å²) < 4.78 is 10.4. The zero-order chi connectivity index (χ0) is 18.5. The predicted molar refractivity (Wildman–Crippen MR) is 97.6 cm³/mol. The summed E-state index contributed by atoms with van der Waals surface area (Å²) in [5.41, 5.74) is 1.68. The van der Waals surface area contributed by atoms with Gasteiger partial charge in [-0.2, -0.15) is 0 Å². The normalized spacial score (nSPS) is 16.2. The summed E-state index contributed by atoms with van der Waals surface area (Å²) in [6, 6.07) is 10.3. The molecule has 1 unspecified atom stereocenters. The van der Waals surface area contributed by atoms with Crippen LogP contribution in [0.2, 0.25) is 0 Å². The van der Waals surface area contributed by atoms with Crippen molar-refractivity contribution < 1.29 is 19.1 Å². The first-order valence-electron chi connectivity index (χ1n) is 8.39. The third kappa shape index (κ3) is 4.00. The molecule has 0 aliphatic carbocycles. The minimum Gasteiger partial charge on any atom is -0.481 e. The highest BCUT2D eigenvalue weighted by molar-refractivity contribution is 6.06. The van der Waals surface area contributed by atoms with Gasteiger partial charge < -0.3 is 19.7 Å². The van der Waals surface area contributed by atoms with Gasteiger partial charge in [-0.3, -0.25) is 9.59 Å². The summed E-state index contributed by atoms with van der Waals surface area (Å²) in [5, 5.41) is 2.81. The number of nitrogens with zero attached hydrogens (tertiary/aromatic N) is 2. The number of hydrogen-bond acceptors (Lipinski definition) is 5. The van der Waals surface area contributed by atoms with Gasteiger partial charge in [-0.1, -0.05) is 6.07 Å². The van der Waals surface area contributed by atoms with Crippen LogP contribution < -0.4 is 15.0 Å². The molecule has 2 aromatic rings. The lowest BCUT2D eigenvalue weighted by Crippen LogP contribution is -2.28. The molecule has 0 radical (unpaired) electrons. The van der Waals surface area contributed by atoms with E-state index < -0.39 is 6.10 Å². The van der Waals surface area contributed by atoms with Crippen molar-refractivity contribution in [1.29, 1.82) is 0 Å². The van der Waals surface area contributed by atoms with Crippen molar-refractivity contribution in [3.8, 4) is 5.88 Å². The van der Waals surface area contributed by atoms with Gasteiger partial charge in [0, 0.05) is 31.0 Å². The van der Waals surface area contributed by atoms with Crippen LogP contribution in [0.5, 0.6) is 5.88 Å². The molecule has 1 aromatic carbocycles. The van der Waals surface area contributed by atoms with Crippen LogP contribution >= 0.6 is 0 Å². The number of methoxy groups -OCH3 is 1.